The van der Waals surface area contributed by atoms with Gasteiger partial charge in [-0.05, 0) is 51.5 Å². The summed E-state index contributed by atoms with van der Waals surface area (Å²) in [5.74, 6) is -0.143. The minimum Gasteiger partial charge on any atom is -0.444 e. The molecule has 0 bridgehead atoms. The Balaban J connectivity index is 5.67. The topological polar surface area (TPSA) is 75.7 Å². The Bertz CT molecular complexity index is 580. The van der Waals surface area contributed by atoms with Gasteiger partial charge in [0, 0.05) is 7.05 Å². The number of ketones is 1. The molecule has 6 heteroatoms. The molecule has 0 rings (SSSR count). The number of ether oxygens (including phenoxy) is 1. The highest BCUT2D eigenvalue weighted by Crippen LogP contribution is 2.24. The second-order valence-corrected chi connectivity index (χ2v) is 9.53. The van der Waals surface area contributed by atoms with Gasteiger partial charge in [0.1, 0.15) is 11.6 Å². The van der Waals surface area contributed by atoms with Crippen LogP contribution in [-0.4, -0.2) is 47.4 Å². The molecule has 6 nitrogen and oxygen atoms in total. The van der Waals surface area contributed by atoms with Gasteiger partial charge in [0.25, 0.3) is 0 Å². The SMILES string of the molecule is CC(=O)/C(C)=C/C(C(C)C)N(C)C(=O)[C@@H](NC(=O)OC(C)(C)C)C(C)(C)C. The van der Waals surface area contributed by atoms with Crippen LogP contribution < -0.4 is 5.32 Å². The zero-order chi connectivity index (χ0) is 21.7. The van der Waals surface area contributed by atoms with Crippen molar-refractivity contribution < 1.29 is 19.1 Å². The Morgan fingerprint density at radius 3 is 1.81 bits per heavy atom. The van der Waals surface area contributed by atoms with Crippen LogP contribution in [0, 0.1) is 11.3 Å². The lowest BCUT2D eigenvalue weighted by Crippen LogP contribution is -2.56. The molecule has 0 saturated carbocycles. The number of Topliss-reactive ketones (excluding diaryl/α,β-unsaturated/α-hetero) is 1. The first kappa shape index (κ1) is 25.1. The molecule has 0 heterocycles. The standard InChI is InChI=1S/C21H38N2O4/c1-13(2)16(12-14(3)15(4)24)23(11)18(25)17(20(5,6)7)22-19(26)27-21(8,9)10/h12-13,16-17H,1-11H3,(H,22,26)/b14-12+/t16?,17-/m1/s1. The molecule has 1 N–H and O–H groups in total. The molecule has 1 unspecified atom stereocenters. The first-order valence-electron chi connectivity index (χ1n) is 9.43. The van der Waals surface area contributed by atoms with Crippen molar-refractivity contribution in [3.8, 4) is 0 Å². The van der Waals surface area contributed by atoms with E-state index in [9.17, 15) is 14.4 Å². The van der Waals surface area contributed by atoms with Gasteiger partial charge in [-0.15, -0.1) is 0 Å². The van der Waals surface area contributed by atoms with Crippen molar-refractivity contribution >= 4 is 17.8 Å². The van der Waals surface area contributed by atoms with E-state index in [2.05, 4.69) is 5.32 Å². The summed E-state index contributed by atoms with van der Waals surface area (Å²) in [5, 5.41) is 2.72. The number of allylic oxidation sites excluding steroid dienone is 1. The molecule has 2 amide bonds. The molecule has 0 aliphatic heterocycles. The lowest BCUT2D eigenvalue weighted by atomic mass is 9.85. The van der Waals surface area contributed by atoms with Crippen molar-refractivity contribution in [3.05, 3.63) is 11.6 Å². The molecule has 0 saturated heterocycles. The first-order chi connectivity index (χ1) is 12.0. The highest BCUT2D eigenvalue weighted by atomic mass is 16.6. The molecule has 0 fully saturated rings. The van der Waals surface area contributed by atoms with E-state index < -0.39 is 23.2 Å². The molecule has 0 aromatic rings. The van der Waals surface area contributed by atoms with Crippen molar-refractivity contribution in [3.63, 3.8) is 0 Å². The minimum absolute atomic E-state index is 0.0271. The van der Waals surface area contributed by atoms with E-state index in [4.69, 9.17) is 4.74 Å². The third kappa shape index (κ3) is 8.59. The van der Waals surface area contributed by atoms with Crippen LogP contribution in [0.2, 0.25) is 0 Å². The molecule has 0 aliphatic carbocycles. The van der Waals surface area contributed by atoms with E-state index in [0.717, 1.165) is 0 Å². The van der Waals surface area contributed by atoms with E-state index in [1.54, 1.807) is 39.6 Å². The average molecular weight is 383 g/mol. The Hall–Kier alpha value is -1.85. The van der Waals surface area contributed by atoms with Crippen LogP contribution >= 0.6 is 0 Å². The molecule has 0 aromatic heterocycles. The Kier molecular flexibility index (Phi) is 8.74. The van der Waals surface area contributed by atoms with Crippen LogP contribution in [0.3, 0.4) is 0 Å². The highest BCUT2D eigenvalue weighted by Gasteiger charge is 2.37. The van der Waals surface area contributed by atoms with E-state index >= 15 is 0 Å². The molecule has 2 atom stereocenters. The van der Waals surface area contributed by atoms with Crippen LogP contribution in [0.25, 0.3) is 0 Å². The van der Waals surface area contributed by atoms with E-state index in [1.807, 2.05) is 40.7 Å². The van der Waals surface area contributed by atoms with Crippen LogP contribution in [0.4, 0.5) is 4.79 Å². The van der Waals surface area contributed by atoms with Crippen LogP contribution in [0.15, 0.2) is 11.6 Å². The van der Waals surface area contributed by atoms with Crippen LogP contribution in [0.1, 0.15) is 69.2 Å². The number of carbonyl (C=O) groups is 3. The number of carbonyl (C=O) groups excluding carboxylic acids is 3. The van der Waals surface area contributed by atoms with Crippen molar-refractivity contribution in [2.75, 3.05) is 7.05 Å². The quantitative estimate of drug-likeness (QED) is 0.706. The first-order valence-corrected chi connectivity index (χ1v) is 9.43. The maximum absolute atomic E-state index is 13.2. The molecule has 0 aromatic carbocycles. The lowest BCUT2D eigenvalue weighted by Gasteiger charge is -2.37. The number of alkyl carbamates (subject to hydrolysis) is 1. The summed E-state index contributed by atoms with van der Waals surface area (Å²) in [6.45, 7) is 18.2. The van der Waals surface area contributed by atoms with Crippen molar-refractivity contribution in [2.24, 2.45) is 11.3 Å². The predicted molar refractivity (Wildman–Crippen MR) is 108 cm³/mol. The summed E-state index contributed by atoms with van der Waals surface area (Å²) in [4.78, 5) is 38.7. The van der Waals surface area contributed by atoms with Crippen LogP contribution in [-0.2, 0) is 14.3 Å². The normalized spacial score (nSPS) is 15.2. The number of likely N-dealkylation sites (N-methyl/N-ethyl adjacent to an activating group) is 1. The van der Waals surface area contributed by atoms with Crippen LogP contribution in [0.5, 0.6) is 0 Å². The number of hydrogen-bond acceptors (Lipinski definition) is 4. The zero-order valence-corrected chi connectivity index (χ0v) is 18.9. The van der Waals surface area contributed by atoms with Crippen molar-refractivity contribution in [1.82, 2.24) is 10.2 Å². The monoisotopic (exact) mass is 382 g/mol. The second-order valence-electron chi connectivity index (χ2n) is 9.53. The van der Waals surface area contributed by atoms with Gasteiger partial charge in [-0.3, -0.25) is 9.59 Å². The van der Waals surface area contributed by atoms with Gasteiger partial charge < -0.3 is 15.0 Å². The number of amides is 2. The fraction of sp³-hybridized carbons (Fsp3) is 0.762. The Labute approximate surface area is 164 Å². The summed E-state index contributed by atoms with van der Waals surface area (Å²) in [7, 11) is 1.70. The highest BCUT2D eigenvalue weighted by molar-refractivity contribution is 5.93. The minimum atomic E-state index is -0.760. The molecule has 0 aliphatic rings. The summed E-state index contributed by atoms with van der Waals surface area (Å²) >= 11 is 0. The van der Waals surface area contributed by atoms with E-state index in [1.165, 1.54) is 6.92 Å². The predicted octanol–water partition coefficient (Wildman–Crippen LogP) is 3.94. The third-order valence-corrected chi connectivity index (χ3v) is 4.23. The van der Waals surface area contributed by atoms with Crippen molar-refractivity contribution in [1.29, 1.82) is 0 Å². The second kappa shape index (κ2) is 9.38. The summed E-state index contributed by atoms with van der Waals surface area (Å²) in [6.07, 6.45) is 1.19. The number of nitrogens with zero attached hydrogens (tertiary/aromatic N) is 1. The average Bonchev–Trinajstić information content (AvgIpc) is 2.45. The number of rotatable bonds is 6. The van der Waals surface area contributed by atoms with E-state index in [-0.39, 0.29) is 23.7 Å². The smallest absolute Gasteiger partial charge is 0.408 e. The number of nitrogens with one attached hydrogen (secondary N) is 1. The van der Waals surface area contributed by atoms with Gasteiger partial charge >= 0.3 is 6.09 Å². The molecule has 0 spiro atoms. The Morgan fingerprint density at radius 1 is 1.00 bits per heavy atom. The fourth-order valence-electron chi connectivity index (χ4n) is 2.55. The van der Waals surface area contributed by atoms with Gasteiger partial charge in [0.2, 0.25) is 5.91 Å². The van der Waals surface area contributed by atoms with Gasteiger partial charge in [0.15, 0.2) is 5.78 Å². The lowest BCUT2D eigenvalue weighted by molar-refractivity contribution is -0.137. The summed E-state index contributed by atoms with van der Waals surface area (Å²) < 4.78 is 5.32. The van der Waals surface area contributed by atoms with Gasteiger partial charge in [-0.1, -0.05) is 40.7 Å². The Morgan fingerprint density at radius 2 is 1.48 bits per heavy atom. The molecular weight excluding hydrogens is 344 g/mol. The molecule has 27 heavy (non-hydrogen) atoms. The maximum atomic E-state index is 13.2. The third-order valence-electron chi connectivity index (χ3n) is 4.23. The fourth-order valence-corrected chi connectivity index (χ4v) is 2.55. The van der Waals surface area contributed by atoms with Crippen molar-refractivity contribution in [2.45, 2.75) is 86.9 Å². The van der Waals surface area contributed by atoms with E-state index in [0.29, 0.717) is 5.57 Å². The molecular formula is C21H38N2O4. The summed E-state index contributed by atoms with van der Waals surface area (Å²) in [5.41, 5.74) is -0.549. The molecule has 0 radical (unpaired) electrons. The maximum Gasteiger partial charge on any atom is 0.408 e. The van der Waals surface area contributed by atoms with Gasteiger partial charge in [-0.2, -0.15) is 0 Å². The van der Waals surface area contributed by atoms with Gasteiger partial charge in [-0.25, -0.2) is 4.79 Å². The zero-order valence-electron chi connectivity index (χ0n) is 18.9. The van der Waals surface area contributed by atoms with Gasteiger partial charge in [0.05, 0.1) is 6.04 Å². The summed E-state index contributed by atoms with van der Waals surface area (Å²) in [6, 6.07) is -1.02. The molecule has 156 valence electrons. The number of hydrogen-bond donors (Lipinski definition) is 1. The largest absolute Gasteiger partial charge is 0.444 e.